The molecule has 20 heavy (non-hydrogen) atoms. The molecule has 3 fully saturated rings. The second-order valence-electron chi connectivity index (χ2n) is 3.96. The molecule has 3 heterocycles. The summed E-state index contributed by atoms with van der Waals surface area (Å²) in [6.45, 7) is 0. The summed E-state index contributed by atoms with van der Waals surface area (Å²) in [4.78, 5) is 0. The molecule has 0 aliphatic carbocycles. The molecule has 0 saturated carbocycles. The number of halogens is 4. The van der Waals surface area contributed by atoms with Gasteiger partial charge < -0.3 is 49.6 Å². The molecule has 0 atom stereocenters. The van der Waals surface area contributed by atoms with Gasteiger partial charge in [0.25, 0.3) is 0 Å². The first-order valence-corrected chi connectivity index (χ1v) is 9.70. The van der Waals surface area contributed by atoms with Gasteiger partial charge in [-0.1, -0.05) is 0 Å². The van der Waals surface area contributed by atoms with Gasteiger partial charge in [0.2, 0.25) is 0 Å². The van der Waals surface area contributed by atoms with Crippen molar-refractivity contribution in [3.8, 4) is 0 Å². The molecule has 3 aliphatic rings. The summed E-state index contributed by atoms with van der Waals surface area (Å²) in [6.07, 6.45) is 8.78. The zero-order valence-corrected chi connectivity index (χ0v) is 19.4. The van der Waals surface area contributed by atoms with Crippen molar-refractivity contribution in [1.82, 2.24) is 0 Å². The van der Waals surface area contributed by atoms with Crippen LogP contribution >= 0.6 is 35.3 Å². The Kier molecular flexibility index (Phi) is 51.1. The third kappa shape index (κ3) is 25.8. The van der Waals surface area contributed by atoms with Crippen LogP contribution in [-0.4, -0.2) is 34.5 Å². The van der Waals surface area contributed by atoms with Gasteiger partial charge in [-0.15, -0.1) is 0 Å². The van der Waals surface area contributed by atoms with Gasteiger partial charge in [0.05, 0.1) is 0 Å². The SMILES string of the molecule is C1CCSC1.C1CCSC1.C1CCSC1.[Cl-].[Cl-].[Cl-].[Cl-].[Ir+4]. The van der Waals surface area contributed by atoms with Crippen LogP contribution in [0.3, 0.4) is 0 Å². The van der Waals surface area contributed by atoms with Crippen LogP contribution in [0.1, 0.15) is 38.5 Å². The van der Waals surface area contributed by atoms with Crippen molar-refractivity contribution in [2.24, 2.45) is 0 Å². The van der Waals surface area contributed by atoms with E-state index >= 15 is 0 Å². The first-order valence-electron chi connectivity index (χ1n) is 6.23. The van der Waals surface area contributed by atoms with E-state index in [4.69, 9.17) is 0 Å². The van der Waals surface area contributed by atoms with Gasteiger partial charge in [0.1, 0.15) is 0 Å². The molecule has 0 aromatic heterocycles. The summed E-state index contributed by atoms with van der Waals surface area (Å²) < 4.78 is 0. The summed E-state index contributed by atoms with van der Waals surface area (Å²) in [5.41, 5.74) is 0. The third-order valence-electron chi connectivity index (χ3n) is 2.48. The fourth-order valence-corrected chi connectivity index (χ4v) is 4.59. The van der Waals surface area contributed by atoms with E-state index in [-0.39, 0.29) is 69.7 Å². The van der Waals surface area contributed by atoms with E-state index in [1.807, 2.05) is 0 Å². The maximum absolute atomic E-state index is 2.07. The van der Waals surface area contributed by atoms with Crippen molar-refractivity contribution >= 4 is 35.3 Å². The number of hydrogen-bond donors (Lipinski definition) is 0. The summed E-state index contributed by atoms with van der Waals surface area (Å²) in [5.74, 6) is 8.50. The molecule has 0 nitrogen and oxygen atoms in total. The fourth-order valence-electron chi connectivity index (χ4n) is 1.53. The van der Waals surface area contributed by atoms with E-state index in [0.29, 0.717) is 0 Å². The molecule has 0 N–H and O–H groups in total. The van der Waals surface area contributed by atoms with E-state index in [2.05, 4.69) is 35.3 Å². The van der Waals surface area contributed by atoms with Gasteiger partial charge in [-0.2, -0.15) is 35.3 Å². The molecule has 0 aromatic carbocycles. The standard InChI is InChI=1S/3C4H8S.4ClH.Ir/c3*1-2-4-5-3-1;;;;;/h3*1-4H2;4*1H;/q;;;;;;;+4/p-4. The molecule has 3 aliphatic heterocycles. The van der Waals surface area contributed by atoms with Crippen molar-refractivity contribution in [3.63, 3.8) is 0 Å². The Morgan fingerprint density at radius 1 is 0.350 bits per heavy atom. The first-order chi connectivity index (χ1) is 7.50. The van der Waals surface area contributed by atoms with Crippen molar-refractivity contribution < 1.29 is 69.7 Å². The average molecular weight is 599 g/mol. The maximum Gasteiger partial charge on any atom is 4.00 e. The molecule has 0 unspecified atom stereocenters. The fraction of sp³-hybridized carbons (Fsp3) is 1.00. The van der Waals surface area contributed by atoms with Crippen LogP contribution in [0.4, 0.5) is 0 Å². The first kappa shape index (κ1) is 34.2. The Balaban J connectivity index is -0.0000000500. The van der Waals surface area contributed by atoms with Gasteiger partial charge in [0.15, 0.2) is 0 Å². The quantitative estimate of drug-likeness (QED) is 0.272. The van der Waals surface area contributed by atoms with Gasteiger partial charge in [0, 0.05) is 0 Å². The third-order valence-corrected chi connectivity index (χ3v) is 5.95. The van der Waals surface area contributed by atoms with E-state index in [0.717, 1.165) is 0 Å². The second-order valence-corrected chi connectivity index (χ2v) is 7.63. The van der Waals surface area contributed by atoms with E-state index < -0.39 is 0 Å². The van der Waals surface area contributed by atoms with E-state index in [9.17, 15) is 0 Å². The van der Waals surface area contributed by atoms with Crippen LogP contribution in [0.2, 0.25) is 0 Å². The molecule has 0 amide bonds. The predicted molar refractivity (Wildman–Crippen MR) is 79.7 cm³/mol. The van der Waals surface area contributed by atoms with Crippen molar-refractivity contribution in [3.05, 3.63) is 0 Å². The Morgan fingerprint density at radius 2 is 0.500 bits per heavy atom. The molecular weight excluding hydrogens is 574 g/mol. The van der Waals surface area contributed by atoms with E-state index in [1.165, 1.54) is 73.0 Å². The minimum absolute atomic E-state index is 0. The molecule has 3 saturated heterocycles. The van der Waals surface area contributed by atoms with Crippen molar-refractivity contribution in [2.45, 2.75) is 38.5 Å². The summed E-state index contributed by atoms with van der Waals surface area (Å²) in [5, 5.41) is 0. The predicted octanol–water partition coefficient (Wildman–Crippen LogP) is -7.45. The van der Waals surface area contributed by atoms with Crippen LogP contribution in [0.5, 0.6) is 0 Å². The Morgan fingerprint density at radius 3 is 0.550 bits per heavy atom. The van der Waals surface area contributed by atoms with Gasteiger partial charge in [-0.3, -0.25) is 0 Å². The van der Waals surface area contributed by atoms with Crippen LogP contribution in [-0.2, 0) is 20.1 Å². The molecule has 0 aromatic rings. The van der Waals surface area contributed by atoms with Crippen molar-refractivity contribution in [2.75, 3.05) is 34.5 Å². The van der Waals surface area contributed by atoms with Gasteiger partial charge in [-0.25, -0.2) is 0 Å². The maximum atomic E-state index is 2.07. The van der Waals surface area contributed by atoms with Gasteiger partial charge >= 0.3 is 20.1 Å². The molecular formula is C12H24Cl4IrS3. The summed E-state index contributed by atoms with van der Waals surface area (Å²) in [7, 11) is 0. The van der Waals surface area contributed by atoms with Crippen LogP contribution in [0.15, 0.2) is 0 Å². The smallest absolute Gasteiger partial charge is 1.00 e. The van der Waals surface area contributed by atoms with Crippen molar-refractivity contribution in [1.29, 1.82) is 0 Å². The summed E-state index contributed by atoms with van der Waals surface area (Å²) >= 11 is 6.22. The minimum atomic E-state index is 0. The largest absolute Gasteiger partial charge is 4.00 e. The number of thioether (sulfide) groups is 3. The molecule has 127 valence electrons. The Hall–Kier alpha value is 2.86. The molecule has 3 rings (SSSR count). The zero-order chi connectivity index (χ0) is 10.6. The Labute approximate surface area is 176 Å². The van der Waals surface area contributed by atoms with Crippen LogP contribution < -0.4 is 49.6 Å². The van der Waals surface area contributed by atoms with Crippen LogP contribution in [0.25, 0.3) is 0 Å². The minimum Gasteiger partial charge on any atom is -1.00 e. The monoisotopic (exact) mass is 597 g/mol. The molecule has 0 bridgehead atoms. The molecule has 8 heteroatoms. The zero-order valence-electron chi connectivity index (χ0n) is 11.6. The van der Waals surface area contributed by atoms with Gasteiger partial charge in [-0.05, 0) is 73.0 Å². The van der Waals surface area contributed by atoms with Crippen LogP contribution in [0, 0.1) is 0 Å². The summed E-state index contributed by atoms with van der Waals surface area (Å²) in [6, 6.07) is 0. The topological polar surface area (TPSA) is 0 Å². The number of hydrogen-bond acceptors (Lipinski definition) is 3. The normalized spacial score (nSPS) is 18.0. The molecule has 0 spiro atoms. The number of rotatable bonds is 0. The van der Waals surface area contributed by atoms with E-state index in [1.54, 1.807) is 0 Å². The average Bonchev–Trinajstić information content (AvgIpc) is 3.09. The second kappa shape index (κ2) is 29.8. The Bertz CT molecular complexity index is 89.3. The molecule has 1 radical (unpaired) electrons.